The van der Waals surface area contributed by atoms with Crippen LogP contribution in [0, 0.1) is 0 Å². The van der Waals surface area contributed by atoms with Crippen molar-refractivity contribution in [1.82, 2.24) is 19.1 Å². The fourth-order valence-corrected chi connectivity index (χ4v) is 7.56. The zero-order chi connectivity index (χ0) is 33.0. The van der Waals surface area contributed by atoms with Gasteiger partial charge in [-0.15, -0.1) is 0 Å². The van der Waals surface area contributed by atoms with Crippen LogP contribution in [-0.2, 0) is 0 Å². The number of nitrogens with zero attached hydrogens (tertiary/aromatic N) is 4. The van der Waals surface area contributed by atoms with Gasteiger partial charge >= 0.3 is 0 Å². The molecule has 50 heavy (non-hydrogen) atoms. The third-order valence-corrected chi connectivity index (χ3v) is 9.73. The van der Waals surface area contributed by atoms with Crippen molar-refractivity contribution in [3.8, 4) is 45.3 Å². The number of fused-ring (bicyclic) bond motifs is 7. The molecular formula is C46H30N4. The van der Waals surface area contributed by atoms with E-state index in [0.717, 1.165) is 61.2 Å². The topological polar surface area (TPSA) is 35.6 Å². The highest BCUT2D eigenvalue weighted by Gasteiger charge is 2.25. The fourth-order valence-electron chi connectivity index (χ4n) is 7.56. The SMILES string of the molecule is c1ccc(-c2cc(-c3ccccc3)nc(-n3c4ccccc4c4c(-c5ccccc5)cc5c(c6ccccc6n5-c5ccccc5)c43)n2)cc1. The van der Waals surface area contributed by atoms with Gasteiger partial charge in [0.15, 0.2) is 0 Å². The Kier molecular flexibility index (Phi) is 6.46. The smallest absolute Gasteiger partial charge is 0.235 e. The normalized spacial score (nSPS) is 11.6. The standard InChI is InChI=1S/C46H30N4/c1-5-17-31(18-6-1)37-29-42-44(36-26-14-15-27-40(36)49(42)34-23-11-4-12-24-34)45-43(37)35-25-13-16-28-41(35)50(45)46-47-38(32-19-7-2-8-20-32)30-39(48-46)33-21-9-3-10-22-33/h1-30H. The molecule has 0 atom stereocenters. The average Bonchev–Trinajstić information content (AvgIpc) is 3.72. The Morgan fingerprint density at radius 1 is 0.360 bits per heavy atom. The first-order valence-corrected chi connectivity index (χ1v) is 16.9. The van der Waals surface area contributed by atoms with Crippen molar-refractivity contribution in [2.45, 2.75) is 0 Å². The lowest BCUT2D eigenvalue weighted by Gasteiger charge is -2.14. The van der Waals surface area contributed by atoms with E-state index in [2.05, 4.69) is 179 Å². The van der Waals surface area contributed by atoms with Crippen molar-refractivity contribution in [3.05, 3.63) is 182 Å². The molecule has 0 bridgehead atoms. The lowest BCUT2D eigenvalue weighted by molar-refractivity contribution is 0.998. The zero-order valence-electron chi connectivity index (χ0n) is 27.1. The Bertz CT molecular complexity index is 2780. The van der Waals surface area contributed by atoms with E-state index in [1.54, 1.807) is 0 Å². The van der Waals surface area contributed by atoms with E-state index in [1.807, 2.05) is 12.1 Å². The maximum atomic E-state index is 5.37. The number of hydrogen-bond acceptors (Lipinski definition) is 2. The number of rotatable bonds is 5. The molecule has 10 aromatic rings. The van der Waals surface area contributed by atoms with Crippen LogP contribution in [0.5, 0.6) is 0 Å². The van der Waals surface area contributed by atoms with E-state index in [4.69, 9.17) is 9.97 Å². The maximum Gasteiger partial charge on any atom is 0.235 e. The second-order valence-corrected chi connectivity index (χ2v) is 12.6. The second kappa shape index (κ2) is 11.4. The maximum absolute atomic E-state index is 5.37. The van der Waals surface area contributed by atoms with E-state index < -0.39 is 0 Å². The van der Waals surface area contributed by atoms with Gasteiger partial charge in [-0.1, -0.05) is 146 Å². The molecule has 0 saturated carbocycles. The summed E-state index contributed by atoms with van der Waals surface area (Å²) in [7, 11) is 0. The number of para-hydroxylation sites is 3. The average molecular weight is 639 g/mol. The van der Waals surface area contributed by atoms with Gasteiger partial charge in [0.25, 0.3) is 0 Å². The van der Waals surface area contributed by atoms with Crippen LogP contribution < -0.4 is 0 Å². The first-order chi connectivity index (χ1) is 24.8. The molecule has 0 amide bonds. The second-order valence-electron chi connectivity index (χ2n) is 12.6. The largest absolute Gasteiger partial charge is 0.309 e. The summed E-state index contributed by atoms with van der Waals surface area (Å²) >= 11 is 0. The monoisotopic (exact) mass is 638 g/mol. The predicted molar refractivity (Wildman–Crippen MR) is 207 cm³/mol. The first kappa shape index (κ1) is 28.3. The fraction of sp³-hybridized carbons (Fsp3) is 0. The van der Waals surface area contributed by atoms with E-state index in [1.165, 1.54) is 21.7 Å². The van der Waals surface area contributed by atoms with Crippen molar-refractivity contribution in [3.63, 3.8) is 0 Å². The summed E-state index contributed by atoms with van der Waals surface area (Å²) in [5.74, 6) is 0.638. The van der Waals surface area contributed by atoms with E-state index in [-0.39, 0.29) is 0 Å². The van der Waals surface area contributed by atoms with Crippen molar-refractivity contribution in [2.24, 2.45) is 0 Å². The van der Waals surface area contributed by atoms with Crippen LogP contribution >= 0.6 is 0 Å². The lowest BCUT2D eigenvalue weighted by atomic mass is 9.97. The van der Waals surface area contributed by atoms with E-state index in [0.29, 0.717) is 5.95 Å². The molecule has 0 radical (unpaired) electrons. The molecule has 3 aromatic heterocycles. The number of hydrogen-bond donors (Lipinski definition) is 0. The summed E-state index contributed by atoms with van der Waals surface area (Å²) in [6, 6.07) is 64.1. The van der Waals surface area contributed by atoms with Gasteiger partial charge < -0.3 is 4.57 Å². The molecule has 234 valence electrons. The van der Waals surface area contributed by atoms with Crippen LogP contribution in [0.4, 0.5) is 0 Å². The minimum Gasteiger partial charge on any atom is -0.309 e. The molecule has 10 rings (SSSR count). The summed E-state index contributed by atoms with van der Waals surface area (Å²) in [5.41, 5.74) is 11.7. The van der Waals surface area contributed by atoms with Crippen LogP contribution in [0.25, 0.3) is 88.9 Å². The van der Waals surface area contributed by atoms with Gasteiger partial charge in [-0.25, -0.2) is 9.97 Å². The van der Waals surface area contributed by atoms with Crippen LogP contribution in [-0.4, -0.2) is 19.1 Å². The summed E-state index contributed by atoms with van der Waals surface area (Å²) in [5, 5.41) is 4.70. The Balaban J connectivity index is 1.43. The van der Waals surface area contributed by atoms with Gasteiger partial charge in [0.1, 0.15) is 0 Å². The van der Waals surface area contributed by atoms with Crippen LogP contribution in [0.15, 0.2) is 182 Å². The van der Waals surface area contributed by atoms with Crippen molar-refractivity contribution < 1.29 is 0 Å². The molecule has 0 N–H and O–H groups in total. The van der Waals surface area contributed by atoms with Crippen LogP contribution in [0.2, 0.25) is 0 Å². The summed E-state index contributed by atoms with van der Waals surface area (Å²) in [6.45, 7) is 0. The molecule has 0 aliphatic heterocycles. The highest BCUT2D eigenvalue weighted by molar-refractivity contribution is 6.29. The Labute approximate surface area is 289 Å². The molecule has 7 aromatic carbocycles. The minimum absolute atomic E-state index is 0.638. The summed E-state index contributed by atoms with van der Waals surface area (Å²) in [6.07, 6.45) is 0. The highest BCUT2D eigenvalue weighted by atomic mass is 15.2. The molecule has 4 nitrogen and oxygen atoms in total. The Hall–Kier alpha value is -6.78. The van der Waals surface area contributed by atoms with Gasteiger partial charge in [0.05, 0.1) is 33.5 Å². The van der Waals surface area contributed by atoms with E-state index in [9.17, 15) is 0 Å². The molecule has 4 heteroatoms. The zero-order valence-corrected chi connectivity index (χ0v) is 27.1. The van der Waals surface area contributed by atoms with Gasteiger partial charge in [0, 0.05) is 38.4 Å². The molecule has 0 saturated heterocycles. The van der Waals surface area contributed by atoms with Gasteiger partial charge in [-0.3, -0.25) is 4.57 Å². The predicted octanol–water partition coefficient (Wildman–Crippen LogP) is 11.7. The van der Waals surface area contributed by atoms with Crippen molar-refractivity contribution in [2.75, 3.05) is 0 Å². The molecule has 0 aliphatic carbocycles. The van der Waals surface area contributed by atoms with Crippen molar-refractivity contribution >= 4 is 43.6 Å². The molecule has 0 fully saturated rings. The molecule has 0 spiro atoms. The van der Waals surface area contributed by atoms with Gasteiger partial charge in [-0.05, 0) is 47.5 Å². The summed E-state index contributed by atoms with van der Waals surface area (Å²) < 4.78 is 4.70. The Morgan fingerprint density at radius 2 is 0.820 bits per heavy atom. The molecule has 3 heterocycles. The van der Waals surface area contributed by atoms with Gasteiger partial charge in [0.2, 0.25) is 5.95 Å². The summed E-state index contributed by atoms with van der Waals surface area (Å²) in [4.78, 5) is 10.7. The van der Waals surface area contributed by atoms with Crippen LogP contribution in [0.1, 0.15) is 0 Å². The van der Waals surface area contributed by atoms with E-state index >= 15 is 0 Å². The molecule has 0 unspecified atom stereocenters. The quantitative estimate of drug-likeness (QED) is 0.188. The minimum atomic E-state index is 0.638. The number of aromatic nitrogens is 4. The van der Waals surface area contributed by atoms with Crippen LogP contribution in [0.3, 0.4) is 0 Å². The lowest BCUT2D eigenvalue weighted by Crippen LogP contribution is -2.04. The molecule has 0 aliphatic rings. The number of benzene rings is 7. The third kappa shape index (κ3) is 4.39. The van der Waals surface area contributed by atoms with Crippen molar-refractivity contribution in [1.29, 1.82) is 0 Å². The van der Waals surface area contributed by atoms with Gasteiger partial charge in [-0.2, -0.15) is 0 Å². The first-order valence-electron chi connectivity index (χ1n) is 16.9. The Morgan fingerprint density at radius 3 is 1.40 bits per heavy atom. The molecular weight excluding hydrogens is 609 g/mol. The third-order valence-electron chi connectivity index (χ3n) is 9.73. The highest BCUT2D eigenvalue weighted by Crippen LogP contribution is 2.46.